The van der Waals surface area contributed by atoms with Crippen LogP contribution in [0.3, 0.4) is 0 Å². The van der Waals surface area contributed by atoms with E-state index in [1.807, 2.05) is 56.5 Å². The van der Waals surface area contributed by atoms with Gasteiger partial charge in [0.1, 0.15) is 4.70 Å². The quantitative estimate of drug-likeness (QED) is 0.508. The summed E-state index contributed by atoms with van der Waals surface area (Å²) in [5.74, 6) is 0.536. The number of carbonyl (C=O) groups excluding carboxylic acids is 1. The summed E-state index contributed by atoms with van der Waals surface area (Å²) in [4.78, 5) is 33.2. The van der Waals surface area contributed by atoms with Crippen LogP contribution >= 0.6 is 11.3 Å². The molecule has 1 aliphatic rings. The van der Waals surface area contributed by atoms with Crippen molar-refractivity contribution >= 4 is 33.4 Å². The van der Waals surface area contributed by atoms with E-state index < -0.39 is 0 Å². The van der Waals surface area contributed by atoms with Crippen LogP contribution in [0.4, 0.5) is 5.95 Å². The van der Waals surface area contributed by atoms with Gasteiger partial charge in [-0.2, -0.15) is 0 Å². The molecule has 1 aliphatic heterocycles. The number of ether oxygens (including phenoxy) is 1. The molecule has 7 nitrogen and oxygen atoms in total. The molecule has 0 bridgehead atoms. The van der Waals surface area contributed by atoms with E-state index in [0.717, 1.165) is 37.1 Å². The molecule has 176 valence electrons. The van der Waals surface area contributed by atoms with E-state index in [-0.39, 0.29) is 23.5 Å². The number of amides is 1. The first kappa shape index (κ1) is 23.4. The zero-order chi connectivity index (χ0) is 23.4. The summed E-state index contributed by atoms with van der Waals surface area (Å²) in [5, 5.41) is 4.96. The van der Waals surface area contributed by atoms with Crippen LogP contribution in [0.2, 0.25) is 0 Å². The molecule has 1 fully saturated rings. The molecule has 1 atom stereocenters. The van der Waals surface area contributed by atoms with Crippen LogP contribution in [0, 0.1) is 12.8 Å². The predicted molar refractivity (Wildman–Crippen MR) is 134 cm³/mol. The minimum Gasteiger partial charge on any atom is -0.379 e. The second-order valence-corrected chi connectivity index (χ2v) is 9.79. The number of piperidine rings is 1. The standard InChI is InChI=1S/C25H32N4O3S/c1-17(2)32-14-5-12-26-23(30)19-6-4-13-28(16-19)25-27-21-11-15-33-22(21)24(31)29(25)20-9-7-18(3)8-10-20/h7-11,15,17,19H,4-6,12-14,16H2,1-3H3,(H,26,30)/t19-/m0/s1. The van der Waals surface area contributed by atoms with Crippen LogP contribution in [-0.4, -0.2) is 47.8 Å². The number of fused-ring (bicyclic) bond motifs is 1. The number of rotatable bonds is 8. The summed E-state index contributed by atoms with van der Waals surface area (Å²) < 4.78 is 7.89. The molecule has 2 aromatic heterocycles. The maximum atomic E-state index is 13.4. The van der Waals surface area contributed by atoms with Crippen molar-refractivity contribution in [2.24, 2.45) is 5.92 Å². The molecular weight excluding hydrogens is 436 g/mol. The van der Waals surface area contributed by atoms with Crippen molar-refractivity contribution in [1.82, 2.24) is 14.9 Å². The van der Waals surface area contributed by atoms with Gasteiger partial charge in [0.25, 0.3) is 5.56 Å². The molecule has 1 saturated heterocycles. The monoisotopic (exact) mass is 468 g/mol. The van der Waals surface area contributed by atoms with Gasteiger partial charge >= 0.3 is 0 Å². The first-order valence-corrected chi connectivity index (χ1v) is 12.5. The second kappa shape index (κ2) is 10.5. The van der Waals surface area contributed by atoms with Crippen molar-refractivity contribution in [3.05, 3.63) is 51.6 Å². The minimum absolute atomic E-state index is 0.0603. The molecule has 4 rings (SSSR count). The molecule has 0 saturated carbocycles. The van der Waals surface area contributed by atoms with Crippen molar-refractivity contribution in [2.45, 2.75) is 46.1 Å². The summed E-state index contributed by atoms with van der Waals surface area (Å²) in [6, 6.07) is 9.79. The highest BCUT2D eigenvalue weighted by molar-refractivity contribution is 7.17. The third-order valence-corrected chi connectivity index (χ3v) is 6.79. The Morgan fingerprint density at radius 3 is 2.82 bits per heavy atom. The lowest BCUT2D eigenvalue weighted by Crippen LogP contribution is -2.45. The Morgan fingerprint density at radius 2 is 2.06 bits per heavy atom. The number of aryl methyl sites for hydroxylation is 1. The van der Waals surface area contributed by atoms with E-state index in [0.29, 0.717) is 35.9 Å². The van der Waals surface area contributed by atoms with Crippen molar-refractivity contribution in [3.63, 3.8) is 0 Å². The average Bonchev–Trinajstić information content (AvgIpc) is 3.28. The Morgan fingerprint density at radius 1 is 1.27 bits per heavy atom. The summed E-state index contributed by atoms with van der Waals surface area (Å²) in [5.41, 5.74) is 2.57. The summed E-state index contributed by atoms with van der Waals surface area (Å²) >= 11 is 1.41. The summed E-state index contributed by atoms with van der Waals surface area (Å²) in [7, 11) is 0. The molecule has 0 radical (unpaired) electrons. The van der Waals surface area contributed by atoms with E-state index in [1.54, 1.807) is 4.57 Å². The third-order valence-electron chi connectivity index (χ3n) is 5.90. The third kappa shape index (κ3) is 5.45. The van der Waals surface area contributed by atoms with Gasteiger partial charge in [-0.15, -0.1) is 11.3 Å². The van der Waals surface area contributed by atoms with Gasteiger partial charge in [-0.1, -0.05) is 17.7 Å². The number of anilines is 1. The van der Waals surface area contributed by atoms with Crippen LogP contribution < -0.4 is 15.8 Å². The lowest BCUT2D eigenvalue weighted by atomic mass is 9.97. The van der Waals surface area contributed by atoms with Crippen molar-refractivity contribution < 1.29 is 9.53 Å². The minimum atomic E-state index is -0.133. The zero-order valence-corrected chi connectivity index (χ0v) is 20.4. The average molecular weight is 469 g/mol. The van der Waals surface area contributed by atoms with Crippen LogP contribution in [0.15, 0.2) is 40.5 Å². The number of hydrogen-bond acceptors (Lipinski definition) is 6. The molecule has 8 heteroatoms. The number of benzene rings is 1. The Labute approximate surface area is 198 Å². The molecule has 1 aromatic carbocycles. The molecule has 1 amide bonds. The zero-order valence-electron chi connectivity index (χ0n) is 19.5. The number of aromatic nitrogens is 2. The molecule has 0 spiro atoms. The second-order valence-electron chi connectivity index (χ2n) is 8.87. The molecule has 1 N–H and O–H groups in total. The van der Waals surface area contributed by atoms with E-state index >= 15 is 0 Å². The van der Waals surface area contributed by atoms with Gasteiger partial charge in [0.05, 0.1) is 23.2 Å². The number of hydrogen-bond donors (Lipinski definition) is 1. The maximum Gasteiger partial charge on any atom is 0.277 e. The lowest BCUT2D eigenvalue weighted by molar-refractivity contribution is -0.125. The summed E-state index contributed by atoms with van der Waals surface area (Å²) in [6.07, 6.45) is 2.70. The van der Waals surface area contributed by atoms with Gasteiger partial charge in [-0.25, -0.2) is 9.55 Å². The SMILES string of the molecule is Cc1ccc(-n2c(N3CCC[C@H](C(=O)NCCCOC(C)C)C3)nc3ccsc3c2=O)cc1. The van der Waals surface area contributed by atoms with Crippen LogP contribution in [0.5, 0.6) is 0 Å². The topological polar surface area (TPSA) is 76.5 Å². The van der Waals surface area contributed by atoms with E-state index in [9.17, 15) is 9.59 Å². The van der Waals surface area contributed by atoms with Crippen LogP contribution in [0.1, 0.15) is 38.7 Å². The molecule has 0 unspecified atom stereocenters. The Bertz CT molecular complexity index is 1150. The fourth-order valence-electron chi connectivity index (χ4n) is 4.16. The van der Waals surface area contributed by atoms with Crippen LogP contribution in [0.25, 0.3) is 15.9 Å². The molecule has 3 aromatic rings. The number of nitrogens with zero attached hydrogens (tertiary/aromatic N) is 3. The van der Waals surface area contributed by atoms with Gasteiger partial charge < -0.3 is 15.0 Å². The van der Waals surface area contributed by atoms with E-state index in [4.69, 9.17) is 9.72 Å². The van der Waals surface area contributed by atoms with Crippen LogP contribution in [-0.2, 0) is 9.53 Å². The molecule has 0 aliphatic carbocycles. The van der Waals surface area contributed by atoms with Gasteiger partial charge in [0, 0.05) is 26.2 Å². The number of carbonyl (C=O) groups is 1. The molecule has 3 heterocycles. The van der Waals surface area contributed by atoms with Gasteiger partial charge in [-0.05, 0) is 63.6 Å². The first-order valence-electron chi connectivity index (χ1n) is 11.7. The predicted octanol–water partition coefficient (Wildman–Crippen LogP) is 3.90. The highest BCUT2D eigenvalue weighted by atomic mass is 32.1. The van der Waals surface area contributed by atoms with Crippen molar-refractivity contribution in [2.75, 3.05) is 31.1 Å². The van der Waals surface area contributed by atoms with Gasteiger partial charge in [-0.3, -0.25) is 9.59 Å². The van der Waals surface area contributed by atoms with Gasteiger partial charge in [0.15, 0.2) is 0 Å². The summed E-state index contributed by atoms with van der Waals surface area (Å²) in [6.45, 7) is 8.59. The fraction of sp³-hybridized carbons (Fsp3) is 0.480. The smallest absolute Gasteiger partial charge is 0.277 e. The number of thiophene rings is 1. The fourth-order valence-corrected chi connectivity index (χ4v) is 4.92. The maximum absolute atomic E-state index is 13.4. The van der Waals surface area contributed by atoms with Gasteiger partial charge in [0.2, 0.25) is 11.9 Å². The van der Waals surface area contributed by atoms with Crippen molar-refractivity contribution in [1.29, 1.82) is 0 Å². The Balaban J connectivity index is 1.55. The van der Waals surface area contributed by atoms with E-state index in [1.165, 1.54) is 11.3 Å². The Hall–Kier alpha value is -2.71. The molecule has 33 heavy (non-hydrogen) atoms. The van der Waals surface area contributed by atoms with E-state index in [2.05, 4.69) is 10.2 Å². The number of nitrogens with one attached hydrogen (secondary N) is 1. The normalized spacial score (nSPS) is 16.5. The highest BCUT2D eigenvalue weighted by Gasteiger charge is 2.29. The molecular formula is C25H32N4O3S. The largest absolute Gasteiger partial charge is 0.379 e. The highest BCUT2D eigenvalue weighted by Crippen LogP contribution is 2.26. The Kier molecular flexibility index (Phi) is 7.45. The van der Waals surface area contributed by atoms with Crippen molar-refractivity contribution in [3.8, 4) is 5.69 Å². The first-order chi connectivity index (χ1) is 15.9. The lowest BCUT2D eigenvalue weighted by Gasteiger charge is -2.34.